The van der Waals surface area contributed by atoms with Crippen LogP contribution in [0, 0.1) is 18.8 Å². The van der Waals surface area contributed by atoms with E-state index >= 15 is 0 Å². The lowest BCUT2D eigenvalue weighted by Gasteiger charge is -2.17. The van der Waals surface area contributed by atoms with E-state index in [9.17, 15) is 23.2 Å². The number of aromatic nitrogens is 2. The molecule has 4 rings (SSSR count). The van der Waals surface area contributed by atoms with Crippen molar-refractivity contribution in [3.63, 3.8) is 0 Å². The molecule has 0 aliphatic heterocycles. The third-order valence-corrected chi connectivity index (χ3v) is 4.98. The number of nitrogens with zero attached hydrogens (tertiary/aromatic N) is 3. The molecule has 0 saturated heterocycles. The molecule has 2 aromatic heterocycles. The zero-order chi connectivity index (χ0) is 21.6. The molecular formula is C21H16F3N3O3. The van der Waals surface area contributed by atoms with Crippen molar-refractivity contribution >= 4 is 10.9 Å². The van der Waals surface area contributed by atoms with Crippen molar-refractivity contribution in [1.82, 2.24) is 9.72 Å². The van der Waals surface area contributed by atoms with Crippen molar-refractivity contribution in [2.45, 2.75) is 26.1 Å². The van der Waals surface area contributed by atoms with Gasteiger partial charge in [0.1, 0.15) is 11.5 Å². The Morgan fingerprint density at radius 2 is 1.77 bits per heavy atom. The van der Waals surface area contributed by atoms with Gasteiger partial charge in [-0.3, -0.25) is 0 Å². The number of aryl methyl sites for hydroxylation is 2. The smallest absolute Gasteiger partial charge is 0.418 e. The average Bonchev–Trinajstić information content (AvgIpc) is 3.19. The quantitative estimate of drug-likeness (QED) is 0.416. The van der Waals surface area contributed by atoms with Crippen LogP contribution in [-0.4, -0.2) is 21.0 Å². The van der Waals surface area contributed by atoms with E-state index in [-0.39, 0.29) is 22.4 Å². The molecule has 0 bridgehead atoms. The maximum atomic E-state index is 13.8. The number of phenolic OH excluding ortho intramolecular Hbond substituents is 1. The van der Waals surface area contributed by atoms with Crippen molar-refractivity contribution in [2.75, 3.05) is 0 Å². The van der Waals surface area contributed by atoms with Crippen LogP contribution in [0.4, 0.5) is 13.2 Å². The predicted octanol–water partition coefficient (Wildman–Crippen LogP) is 5.98. The summed E-state index contributed by atoms with van der Waals surface area (Å²) in [6, 6.07) is 9.90. The third-order valence-electron chi connectivity index (χ3n) is 4.98. The number of rotatable bonds is 4. The highest BCUT2D eigenvalue weighted by Crippen LogP contribution is 2.47. The number of hydrogen-bond donors (Lipinski definition) is 1. The molecule has 30 heavy (non-hydrogen) atoms. The molecule has 9 heteroatoms. The molecule has 0 spiro atoms. The minimum atomic E-state index is -4.89. The zero-order valence-electron chi connectivity index (χ0n) is 15.9. The van der Waals surface area contributed by atoms with Crippen LogP contribution in [0.15, 0.2) is 58.2 Å². The summed E-state index contributed by atoms with van der Waals surface area (Å²) in [6.07, 6.45) is -4.89. The summed E-state index contributed by atoms with van der Waals surface area (Å²) < 4.78 is 48.4. The Kier molecular flexibility index (Phi) is 4.60. The summed E-state index contributed by atoms with van der Waals surface area (Å²) in [5.41, 5.74) is 1.54. The van der Waals surface area contributed by atoms with Gasteiger partial charge in [-0.05, 0) is 44.2 Å². The summed E-state index contributed by atoms with van der Waals surface area (Å²) in [4.78, 5) is 11.4. The number of aromatic hydroxyl groups is 1. The Balaban J connectivity index is 2.22. The number of phenols is 1. The van der Waals surface area contributed by atoms with E-state index in [1.54, 1.807) is 48.7 Å². The van der Waals surface area contributed by atoms with Crippen LogP contribution in [0.2, 0.25) is 0 Å². The first kappa shape index (κ1) is 19.7. The van der Waals surface area contributed by atoms with Gasteiger partial charge in [-0.25, -0.2) is 0 Å². The fourth-order valence-electron chi connectivity index (χ4n) is 3.76. The topological polar surface area (TPSA) is 80.6 Å². The first-order chi connectivity index (χ1) is 14.2. The summed E-state index contributed by atoms with van der Waals surface area (Å²) in [5.74, 6) is 0.320. The van der Waals surface area contributed by atoms with Gasteiger partial charge in [-0.15, -0.1) is 4.91 Å². The van der Waals surface area contributed by atoms with Crippen molar-refractivity contribution in [3.8, 4) is 22.7 Å². The predicted molar refractivity (Wildman–Crippen MR) is 105 cm³/mol. The molecule has 0 fully saturated rings. The van der Waals surface area contributed by atoms with Crippen LogP contribution in [0.1, 0.15) is 23.1 Å². The van der Waals surface area contributed by atoms with Crippen LogP contribution >= 0.6 is 0 Å². The van der Waals surface area contributed by atoms with Gasteiger partial charge in [0, 0.05) is 16.6 Å². The van der Waals surface area contributed by atoms with E-state index in [0.29, 0.717) is 28.2 Å². The number of halogens is 3. The second-order valence-electron chi connectivity index (χ2n) is 6.88. The Hall–Kier alpha value is -3.62. The van der Waals surface area contributed by atoms with Gasteiger partial charge < -0.3 is 14.2 Å². The summed E-state index contributed by atoms with van der Waals surface area (Å²) in [5, 5.41) is 16.2. The van der Waals surface area contributed by atoms with Gasteiger partial charge in [0.15, 0.2) is 0 Å². The minimum Gasteiger partial charge on any atom is -0.508 e. The first-order valence-electron chi connectivity index (χ1n) is 8.99. The van der Waals surface area contributed by atoms with Crippen molar-refractivity contribution in [3.05, 3.63) is 70.5 Å². The van der Waals surface area contributed by atoms with Gasteiger partial charge in [0.25, 0.3) is 0 Å². The number of benzene rings is 2. The minimum absolute atomic E-state index is 0.0112. The highest BCUT2D eigenvalue weighted by atomic mass is 19.4. The number of alkyl halides is 3. The Bertz CT molecular complexity index is 1220. The molecule has 2 aromatic carbocycles. The van der Waals surface area contributed by atoms with Crippen LogP contribution in [0.3, 0.4) is 0 Å². The van der Waals surface area contributed by atoms with Crippen LogP contribution in [0.5, 0.6) is 5.75 Å². The molecule has 0 amide bonds. The van der Waals surface area contributed by atoms with Gasteiger partial charge >= 0.3 is 6.18 Å². The normalized spacial score (nSPS) is 13.0. The largest absolute Gasteiger partial charge is 0.508 e. The lowest BCUT2D eigenvalue weighted by molar-refractivity contribution is -0.148. The molecule has 0 saturated carbocycles. The molecule has 6 nitrogen and oxygen atoms in total. The fraction of sp³-hybridized carbons (Fsp3) is 0.190. The summed E-state index contributed by atoms with van der Waals surface area (Å²) >= 11 is 0. The second kappa shape index (κ2) is 7.01. The van der Waals surface area contributed by atoms with E-state index < -0.39 is 12.2 Å². The molecular weight excluding hydrogens is 399 g/mol. The van der Waals surface area contributed by atoms with Gasteiger partial charge in [-0.1, -0.05) is 28.5 Å². The van der Waals surface area contributed by atoms with E-state index in [2.05, 4.69) is 10.3 Å². The molecule has 154 valence electrons. The van der Waals surface area contributed by atoms with Crippen LogP contribution in [0.25, 0.3) is 27.8 Å². The van der Waals surface area contributed by atoms with E-state index in [4.69, 9.17) is 4.52 Å². The summed E-state index contributed by atoms with van der Waals surface area (Å²) in [7, 11) is 0. The van der Waals surface area contributed by atoms with Crippen molar-refractivity contribution in [2.24, 2.45) is 5.18 Å². The highest BCUT2D eigenvalue weighted by Gasteiger charge is 2.46. The Labute approximate surface area is 168 Å². The monoisotopic (exact) mass is 415 g/mol. The lowest BCUT2D eigenvalue weighted by atomic mass is 9.98. The van der Waals surface area contributed by atoms with Crippen LogP contribution < -0.4 is 0 Å². The molecule has 4 aromatic rings. The molecule has 0 aliphatic carbocycles. The van der Waals surface area contributed by atoms with Crippen LogP contribution in [-0.2, 0) is 0 Å². The number of para-hydroxylation sites is 1. The molecule has 1 atom stereocenters. The molecule has 2 heterocycles. The molecule has 0 aliphatic rings. The third kappa shape index (κ3) is 3.02. The molecule has 1 N–H and O–H groups in total. The maximum absolute atomic E-state index is 13.8. The van der Waals surface area contributed by atoms with Crippen molar-refractivity contribution in [1.29, 1.82) is 0 Å². The Morgan fingerprint density at radius 1 is 1.10 bits per heavy atom. The number of hydrogen-bond acceptors (Lipinski definition) is 5. The maximum Gasteiger partial charge on any atom is 0.418 e. The zero-order valence-corrected chi connectivity index (χ0v) is 15.9. The second-order valence-corrected chi connectivity index (χ2v) is 6.88. The number of nitroso groups, excluding NO2 is 1. The first-order valence-corrected chi connectivity index (χ1v) is 8.99. The number of fused-ring (bicyclic) bond motifs is 1. The van der Waals surface area contributed by atoms with Gasteiger partial charge in [0.05, 0.1) is 22.5 Å². The SMILES string of the molecule is Cc1noc(C)c1-c1c(C(N=O)C(F)(F)F)c2ccccc2n1-c1ccc(O)cc1. The van der Waals surface area contributed by atoms with E-state index in [0.717, 1.165) is 0 Å². The standard InChI is InChI=1S/C21H16F3N3O3/c1-11-17(12(2)30-26-11)19-18(20(25-29)21(22,23)24)15-5-3-4-6-16(15)27(19)13-7-9-14(28)10-8-13/h3-10,20,28H,1-2H3. The molecule has 1 unspecified atom stereocenters. The lowest BCUT2D eigenvalue weighted by Crippen LogP contribution is -2.19. The summed E-state index contributed by atoms with van der Waals surface area (Å²) in [6.45, 7) is 3.21. The van der Waals surface area contributed by atoms with Gasteiger partial charge in [0.2, 0.25) is 6.04 Å². The van der Waals surface area contributed by atoms with Crippen molar-refractivity contribution < 1.29 is 22.8 Å². The van der Waals surface area contributed by atoms with E-state index in [1.807, 2.05) is 0 Å². The molecule has 0 radical (unpaired) electrons. The Morgan fingerprint density at radius 3 is 2.33 bits per heavy atom. The average molecular weight is 415 g/mol. The highest BCUT2D eigenvalue weighted by molar-refractivity contribution is 5.95. The van der Waals surface area contributed by atoms with Gasteiger partial charge in [-0.2, -0.15) is 13.2 Å². The fourth-order valence-corrected chi connectivity index (χ4v) is 3.76. The van der Waals surface area contributed by atoms with E-state index in [1.165, 1.54) is 18.2 Å².